The molecular weight excluding hydrogens is 222 g/mol. The Hall–Kier alpha value is -0.710. The van der Waals surface area contributed by atoms with Gasteiger partial charge in [-0.2, -0.15) is 11.3 Å². The third-order valence-electron chi connectivity index (χ3n) is 3.49. The molecule has 1 aromatic heterocycles. The fourth-order valence-electron chi connectivity index (χ4n) is 2.57. The molecule has 0 spiro atoms. The third-order valence-corrected chi connectivity index (χ3v) is 4.17. The Labute approximate surface area is 99.0 Å². The molecule has 3 rings (SSSR count). The van der Waals surface area contributed by atoms with Crippen molar-refractivity contribution in [3.63, 3.8) is 0 Å². The van der Waals surface area contributed by atoms with E-state index in [4.69, 9.17) is 4.74 Å². The summed E-state index contributed by atoms with van der Waals surface area (Å²) in [5, 5.41) is 3.84. The molecule has 2 saturated heterocycles. The minimum absolute atomic E-state index is 0.145. The molecule has 0 saturated carbocycles. The number of fused-ring (bicyclic) bond motifs is 1. The molecule has 0 bridgehead atoms. The first-order valence-corrected chi connectivity index (χ1v) is 6.71. The van der Waals surface area contributed by atoms with Crippen LogP contribution >= 0.6 is 11.3 Å². The Balaban J connectivity index is 1.70. The maximum Gasteiger partial charge on any atom is 0.193 e. The largest absolute Gasteiger partial charge is 0.367 e. The van der Waals surface area contributed by atoms with E-state index >= 15 is 0 Å². The van der Waals surface area contributed by atoms with Gasteiger partial charge in [0.15, 0.2) is 5.78 Å². The molecule has 86 valence electrons. The lowest BCUT2D eigenvalue weighted by Gasteiger charge is -2.34. The number of hydrogen-bond donors (Lipinski definition) is 0. The number of ether oxygens (including phenoxy) is 1. The van der Waals surface area contributed by atoms with E-state index in [2.05, 4.69) is 4.90 Å². The highest BCUT2D eigenvalue weighted by Crippen LogP contribution is 2.24. The maximum atomic E-state index is 12.1. The number of rotatable bonds is 2. The van der Waals surface area contributed by atoms with Crippen molar-refractivity contribution in [1.82, 2.24) is 4.90 Å². The predicted octanol–water partition coefficient (Wildman–Crippen LogP) is 1.79. The minimum Gasteiger partial charge on any atom is -0.367 e. The lowest BCUT2D eigenvalue weighted by atomic mass is 10.1. The Kier molecular flexibility index (Phi) is 2.79. The van der Waals surface area contributed by atoms with Crippen LogP contribution in [0.15, 0.2) is 16.8 Å². The van der Waals surface area contributed by atoms with E-state index in [1.165, 1.54) is 12.8 Å². The van der Waals surface area contributed by atoms with Gasteiger partial charge in [-0.15, -0.1) is 0 Å². The summed E-state index contributed by atoms with van der Waals surface area (Å²) >= 11 is 1.56. The number of ketones is 1. The van der Waals surface area contributed by atoms with Crippen molar-refractivity contribution in [2.75, 3.05) is 19.7 Å². The summed E-state index contributed by atoms with van der Waals surface area (Å²) < 4.78 is 5.69. The minimum atomic E-state index is -0.246. The van der Waals surface area contributed by atoms with E-state index in [0.717, 1.165) is 25.3 Å². The zero-order valence-electron chi connectivity index (χ0n) is 9.09. The molecule has 0 radical (unpaired) electrons. The van der Waals surface area contributed by atoms with Gasteiger partial charge in [0.25, 0.3) is 0 Å². The van der Waals surface area contributed by atoms with Gasteiger partial charge >= 0.3 is 0 Å². The number of thiophene rings is 1. The number of carbonyl (C=O) groups excluding carboxylic acids is 1. The zero-order chi connectivity index (χ0) is 11.0. The summed E-state index contributed by atoms with van der Waals surface area (Å²) in [4.78, 5) is 14.5. The van der Waals surface area contributed by atoms with Gasteiger partial charge in [-0.25, -0.2) is 0 Å². The lowest BCUT2D eigenvalue weighted by Crippen LogP contribution is -2.49. The van der Waals surface area contributed by atoms with Gasteiger partial charge in [-0.05, 0) is 30.8 Å². The first kappa shape index (κ1) is 10.4. The first-order valence-electron chi connectivity index (χ1n) is 5.76. The number of Topliss-reactive ketones (excluding diaryl/α,β-unsaturated/α-hetero) is 1. The summed E-state index contributed by atoms with van der Waals surface area (Å²) in [5.41, 5.74) is 0.799. The summed E-state index contributed by atoms with van der Waals surface area (Å²) in [6, 6.07) is 2.44. The molecule has 2 aliphatic heterocycles. The van der Waals surface area contributed by atoms with E-state index in [0.29, 0.717) is 6.04 Å². The Morgan fingerprint density at radius 2 is 2.50 bits per heavy atom. The summed E-state index contributed by atoms with van der Waals surface area (Å²) in [5.74, 6) is 0.145. The average molecular weight is 237 g/mol. The van der Waals surface area contributed by atoms with Crippen LogP contribution in [0.1, 0.15) is 23.2 Å². The molecule has 4 heteroatoms. The molecular formula is C12H15NO2S. The zero-order valence-corrected chi connectivity index (χ0v) is 9.91. The smallest absolute Gasteiger partial charge is 0.193 e. The van der Waals surface area contributed by atoms with Gasteiger partial charge in [0.05, 0.1) is 6.61 Å². The molecule has 0 N–H and O–H groups in total. The van der Waals surface area contributed by atoms with Crippen molar-refractivity contribution in [3.8, 4) is 0 Å². The molecule has 16 heavy (non-hydrogen) atoms. The van der Waals surface area contributed by atoms with Crippen LogP contribution in [0.25, 0.3) is 0 Å². The van der Waals surface area contributed by atoms with Gasteiger partial charge in [-0.3, -0.25) is 9.69 Å². The topological polar surface area (TPSA) is 29.5 Å². The van der Waals surface area contributed by atoms with Crippen LogP contribution in [-0.2, 0) is 4.74 Å². The summed E-state index contributed by atoms with van der Waals surface area (Å²) in [7, 11) is 0. The van der Waals surface area contributed by atoms with E-state index in [1.807, 2.05) is 16.8 Å². The van der Waals surface area contributed by atoms with Crippen molar-refractivity contribution < 1.29 is 9.53 Å². The molecule has 2 aliphatic rings. The predicted molar refractivity (Wildman–Crippen MR) is 63.0 cm³/mol. The van der Waals surface area contributed by atoms with E-state index in [-0.39, 0.29) is 11.9 Å². The second-order valence-corrected chi connectivity index (χ2v) is 5.27. The van der Waals surface area contributed by atoms with Crippen molar-refractivity contribution in [2.45, 2.75) is 25.0 Å². The number of morpholine rings is 1. The van der Waals surface area contributed by atoms with Crippen LogP contribution in [0.3, 0.4) is 0 Å². The highest BCUT2D eigenvalue weighted by atomic mass is 32.1. The van der Waals surface area contributed by atoms with Gasteiger partial charge in [0, 0.05) is 23.5 Å². The quantitative estimate of drug-likeness (QED) is 0.735. The van der Waals surface area contributed by atoms with E-state index in [9.17, 15) is 4.79 Å². The van der Waals surface area contributed by atoms with Gasteiger partial charge in [0.2, 0.25) is 0 Å². The SMILES string of the molecule is O=C(c1ccsc1)C1CN2CCCC2CO1. The lowest BCUT2D eigenvalue weighted by molar-refractivity contribution is -0.0344. The molecule has 2 atom stereocenters. The summed E-state index contributed by atoms with van der Waals surface area (Å²) in [6.45, 7) is 2.63. The van der Waals surface area contributed by atoms with Crippen LogP contribution in [-0.4, -0.2) is 42.5 Å². The van der Waals surface area contributed by atoms with Crippen molar-refractivity contribution in [2.24, 2.45) is 0 Å². The van der Waals surface area contributed by atoms with Crippen LogP contribution in [0.5, 0.6) is 0 Å². The van der Waals surface area contributed by atoms with Gasteiger partial charge in [-0.1, -0.05) is 0 Å². The Bertz CT molecular complexity index is 376. The van der Waals surface area contributed by atoms with Crippen molar-refractivity contribution >= 4 is 17.1 Å². The highest BCUT2D eigenvalue weighted by Gasteiger charge is 2.35. The average Bonchev–Trinajstić information content (AvgIpc) is 2.98. The normalized spacial score (nSPS) is 30.2. The highest BCUT2D eigenvalue weighted by molar-refractivity contribution is 7.08. The Morgan fingerprint density at radius 1 is 1.56 bits per heavy atom. The molecule has 2 fully saturated rings. The molecule has 3 nitrogen and oxygen atoms in total. The first-order chi connectivity index (χ1) is 7.84. The van der Waals surface area contributed by atoms with Crippen LogP contribution in [0, 0.1) is 0 Å². The molecule has 0 aliphatic carbocycles. The number of hydrogen-bond acceptors (Lipinski definition) is 4. The fraction of sp³-hybridized carbons (Fsp3) is 0.583. The standard InChI is InChI=1S/C12H15NO2S/c14-12(9-3-5-16-8-9)11-6-13-4-1-2-10(13)7-15-11/h3,5,8,10-11H,1-2,4,6-7H2. The monoisotopic (exact) mass is 237 g/mol. The maximum absolute atomic E-state index is 12.1. The molecule has 1 aromatic rings. The van der Waals surface area contributed by atoms with Crippen LogP contribution in [0.2, 0.25) is 0 Å². The summed E-state index contributed by atoms with van der Waals surface area (Å²) in [6.07, 6.45) is 2.22. The molecule has 0 amide bonds. The van der Waals surface area contributed by atoms with Crippen LogP contribution in [0.4, 0.5) is 0 Å². The molecule has 0 aromatic carbocycles. The Morgan fingerprint density at radius 3 is 3.31 bits per heavy atom. The second kappa shape index (κ2) is 4.28. The second-order valence-electron chi connectivity index (χ2n) is 4.49. The van der Waals surface area contributed by atoms with Crippen LogP contribution < -0.4 is 0 Å². The van der Waals surface area contributed by atoms with E-state index in [1.54, 1.807) is 11.3 Å². The van der Waals surface area contributed by atoms with Gasteiger partial charge in [0.1, 0.15) is 6.10 Å². The van der Waals surface area contributed by atoms with Crippen molar-refractivity contribution in [3.05, 3.63) is 22.4 Å². The van der Waals surface area contributed by atoms with E-state index < -0.39 is 0 Å². The third kappa shape index (κ3) is 1.81. The van der Waals surface area contributed by atoms with Gasteiger partial charge < -0.3 is 4.74 Å². The molecule has 2 unspecified atom stereocenters. The fourth-order valence-corrected chi connectivity index (χ4v) is 3.21. The van der Waals surface area contributed by atoms with Crippen molar-refractivity contribution in [1.29, 1.82) is 0 Å². The molecule has 3 heterocycles. The number of nitrogens with zero attached hydrogens (tertiary/aromatic N) is 1. The number of carbonyl (C=O) groups is 1.